The van der Waals surface area contributed by atoms with Gasteiger partial charge in [0.25, 0.3) is 0 Å². The number of hydrogen-bond donors (Lipinski definition) is 1. The maximum atomic E-state index is 12.3. The Bertz CT molecular complexity index is 661. The van der Waals surface area contributed by atoms with Crippen LogP contribution in [0.1, 0.15) is 29.0 Å². The summed E-state index contributed by atoms with van der Waals surface area (Å²) < 4.78 is 27.3. The van der Waals surface area contributed by atoms with Crippen LogP contribution >= 0.6 is 11.3 Å². The topological polar surface area (TPSA) is 46.2 Å². The molecule has 1 aromatic carbocycles. The molecule has 0 bridgehead atoms. The SMILES string of the molecule is Cc1ccc(S(=O)(=O)N[C@H](C)c2cccs2)cc1C. The lowest BCUT2D eigenvalue weighted by Gasteiger charge is -2.13. The van der Waals surface area contributed by atoms with Gasteiger partial charge in [0.05, 0.1) is 10.9 Å². The minimum absolute atomic E-state index is 0.216. The average molecular weight is 295 g/mol. The van der Waals surface area contributed by atoms with E-state index in [1.165, 1.54) is 0 Å². The summed E-state index contributed by atoms with van der Waals surface area (Å²) in [5, 5.41) is 1.94. The van der Waals surface area contributed by atoms with Gasteiger partial charge in [-0.25, -0.2) is 13.1 Å². The maximum Gasteiger partial charge on any atom is 0.241 e. The summed E-state index contributed by atoms with van der Waals surface area (Å²) in [6.45, 7) is 5.73. The number of hydrogen-bond acceptors (Lipinski definition) is 3. The van der Waals surface area contributed by atoms with Crippen molar-refractivity contribution in [1.29, 1.82) is 0 Å². The normalized spacial score (nSPS) is 13.4. The fourth-order valence-electron chi connectivity index (χ4n) is 1.78. The number of nitrogens with one attached hydrogen (secondary N) is 1. The Labute approximate surface area is 118 Å². The molecule has 0 spiro atoms. The summed E-state index contributed by atoms with van der Waals surface area (Å²) in [4.78, 5) is 1.33. The predicted molar refractivity (Wildman–Crippen MR) is 79.0 cm³/mol. The molecule has 0 radical (unpaired) electrons. The molecule has 1 N–H and O–H groups in total. The molecule has 0 aliphatic carbocycles. The van der Waals surface area contributed by atoms with Crippen LogP contribution in [-0.4, -0.2) is 8.42 Å². The number of sulfonamides is 1. The first-order chi connectivity index (χ1) is 8.90. The first-order valence-corrected chi connectivity index (χ1v) is 8.39. The van der Waals surface area contributed by atoms with Crippen molar-refractivity contribution in [3.05, 3.63) is 51.7 Å². The highest BCUT2D eigenvalue weighted by atomic mass is 32.2. The van der Waals surface area contributed by atoms with Crippen molar-refractivity contribution in [3.8, 4) is 0 Å². The van der Waals surface area contributed by atoms with Crippen molar-refractivity contribution < 1.29 is 8.42 Å². The van der Waals surface area contributed by atoms with Gasteiger partial charge < -0.3 is 0 Å². The van der Waals surface area contributed by atoms with E-state index >= 15 is 0 Å². The van der Waals surface area contributed by atoms with Crippen LogP contribution in [0.5, 0.6) is 0 Å². The molecule has 2 rings (SSSR count). The first-order valence-electron chi connectivity index (χ1n) is 6.03. The molecule has 19 heavy (non-hydrogen) atoms. The zero-order chi connectivity index (χ0) is 14.0. The van der Waals surface area contributed by atoms with Gasteiger partial charge in [-0.3, -0.25) is 0 Å². The molecule has 0 aliphatic rings. The van der Waals surface area contributed by atoms with Crippen LogP contribution in [0.2, 0.25) is 0 Å². The van der Waals surface area contributed by atoms with E-state index in [1.807, 2.05) is 44.4 Å². The summed E-state index contributed by atoms with van der Waals surface area (Å²) in [5.74, 6) is 0. The van der Waals surface area contributed by atoms with Crippen molar-refractivity contribution in [3.63, 3.8) is 0 Å². The third-order valence-electron chi connectivity index (χ3n) is 3.09. The van der Waals surface area contributed by atoms with Gasteiger partial charge in [0.15, 0.2) is 0 Å². The molecule has 5 heteroatoms. The molecule has 0 aliphatic heterocycles. The van der Waals surface area contributed by atoms with Crippen LogP contribution in [0.25, 0.3) is 0 Å². The molecule has 1 aromatic heterocycles. The smallest absolute Gasteiger partial charge is 0.207 e. The highest BCUT2D eigenvalue weighted by molar-refractivity contribution is 7.89. The Morgan fingerprint density at radius 3 is 2.47 bits per heavy atom. The molecule has 1 heterocycles. The predicted octanol–water partition coefficient (Wildman–Crippen LogP) is 3.40. The third kappa shape index (κ3) is 3.23. The highest BCUT2D eigenvalue weighted by Gasteiger charge is 2.19. The molecule has 0 saturated carbocycles. The summed E-state index contributed by atoms with van der Waals surface area (Å²) in [7, 11) is -3.47. The standard InChI is InChI=1S/C14H17NO2S2/c1-10-6-7-13(9-11(10)2)19(16,17)15-12(3)14-5-4-8-18-14/h4-9,12,15H,1-3H3/t12-/m1/s1. The largest absolute Gasteiger partial charge is 0.241 e. The van der Waals surface area contributed by atoms with E-state index in [0.717, 1.165) is 16.0 Å². The molecule has 0 fully saturated rings. The fraction of sp³-hybridized carbons (Fsp3) is 0.286. The second-order valence-electron chi connectivity index (χ2n) is 4.60. The van der Waals surface area contributed by atoms with Crippen molar-refractivity contribution in [2.45, 2.75) is 31.7 Å². The van der Waals surface area contributed by atoms with Crippen molar-refractivity contribution in [2.24, 2.45) is 0 Å². The van der Waals surface area contributed by atoms with E-state index < -0.39 is 10.0 Å². The lowest BCUT2D eigenvalue weighted by atomic mass is 10.1. The maximum absolute atomic E-state index is 12.3. The van der Waals surface area contributed by atoms with Gasteiger partial charge in [0.2, 0.25) is 10.0 Å². The van der Waals surface area contributed by atoms with E-state index in [2.05, 4.69) is 4.72 Å². The van der Waals surface area contributed by atoms with Crippen LogP contribution < -0.4 is 4.72 Å². The van der Waals surface area contributed by atoms with Gasteiger partial charge in [0.1, 0.15) is 0 Å². The second-order valence-corrected chi connectivity index (χ2v) is 7.30. The van der Waals surface area contributed by atoms with Crippen LogP contribution in [-0.2, 0) is 10.0 Å². The Morgan fingerprint density at radius 1 is 1.16 bits per heavy atom. The fourth-order valence-corrected chi connectivity index (χ4v) is 3.89. The summed E-state index contributed by atoms with van der Waals surface area (Å²) in [5.41, 5.74) is 2.07. The Kier molecular flexibility index (Phi) is 4.08. The van der Waals surface area contributed by atoms with Crippen LogP contribution in [0.15, 0.2) is 40.6 Å². The quantitative estimate of drug-likeness (QED) is 0.939. The average Bonchev–Trinajstić information content (AvgIpc) is 2.85. The van der Waals surface area contributed by atoms with E-state index in [-0.39, 0.29) is 6.04 Å². The molecule has 1 atom stereocenters. The minimum Gasteiger partial charge on any atom is -0.207 e. The lowest BCUT2D eigenvalue weighted by molar-refractivity contribution is 0.568. The minimum atomic E-state index is -3.47. The summed E-state index contributed by atoms with van der Waals surface area (Å²) in [6, 6.07) is 8.82. The van der Waals surface area contributed by atoms with E-state index in [1.54, 1.807) is 23.5 Å². The number of aryl methyl sites for hydroxylation is 2. The van der Waals surface area contributed by atoms with E-state index in [4.69, 9.17) is 0 Å². The second kappa shape index (κ2) is 5.45. The Morgan fingerprint density at radius 2 is 1.89 bits per heavy atom. The van der Waals surface area contributed by atoms with Crippen LogP contribution in [0.3, 0.4) is 0 Å². The van der Waals surface area contributed by atoms with Crippen LogP contribution in [0.4, 0.5) is 0 Å². The highest BCUT2D eigenvalue weighted by Crippen LogP contribution is 2.21. The third-order valence-corrected chi connectivity index (χ3v) is 5.68. The van der Waals surface area contributed by atoms with Gasteiger partial charge in [-0.05, 0) is 55.5 Å². The summed E-state index contributed by atoms with van der Waals surface area (Å²) >= 11 is 1.55. The van der Waals surface area contributed by atoms with E-state index in [0.29, 0.717) is 4.90 Å². The Hall–Kier alpha value is -1.17. The molecule has 102 valence electrons. The first kappa shape index (κ1) is 14.2. The van der Waals surface area contributed by atoms with Gasteiger partial charge in [-0.1, -0.05) is 12.1 Å². The molecular weight excluding hydrogens is 278 g/mol. The van der Waals surface area contributed by atoms with Crippen molar-refractivity contribution in [1.82, 2.24) is 4.72 Å². The van der Waals surface area contributed by atoms with Crippen molar-refractivity contribution in [2.75, 3.05) is 0 Å². The zero-order valence-electron chi connectivity index (χ0n) is 11.2. The summed E-state index contributed by atoms with van der Waals surface area (Å²) in [6.07, 6.45) is 0. The van der Waals surface area contributed by atoms with Crippen molar-refractivity contribution >= 4 is 21.4 Å². The molecule has 0 unspecified atom stereocenters. The number of rotatable bonds is 4. The molecular formula is C14H17NO2S2. The van der Waals surface area contributed by atoms with E-state index in [9.17, 15) is 8.42 Å². The van der Waals surface area contributed by atoms with Gasteiger partial charge in [-0.2, -0.15) is 0 Å². The van der Waals surface area contributed by atoms with Gasteiger partial charge in [-0.15, -0.1) is 11.3 Å². The molecule has 0 saturated heterocycles. The molecule has 0 amide bonds. The molecule has 3 nitrogen and oxygen atoms in total. The molecule has 2 aromatic rings. The number of benzene rings is 1. The lowest BCUT2D eigenvalue weighted by Crippen LogP contribution is -2.26. The van der Waals surface area contributed by atoms with Crippen LogP contribution in [0, 0.1) is 13.8 Å². The Balaban J connectivity index is 2.25. The monoisotopic (exact) mass is 295 g/mol. The number of thiophene rings is 1. The van der Waals surface area contributed by atoms with Gasteiger partial charge in [0, 0.05) is 4.88 Å². The zero-order valence-corrected chi connectivity index (χ0v) is 12.8. The van der Waals surface area contributed by atoms with Gasteiger partial charge >= 0.3 is 0 Å².